The van der Waals surface area contributed by atoms with E-state index in [1.807, 2.05) is 36.2 Å². The number of aliphatic imine (C=N–C) groups is 1. The highest BCUT2D eigenvalue weighted by molar-refractivity contribution is 8.14. The monoisotopic (exact) mass is 418 g/mol. The molecule has 3 aromatic rings. The summed E-state index contributed by atoms with van der Waals surface area (Å²) in [5.41, 5.74) is 5.99. The lowest BCUT2D eigenvalue weighted by Crippen LogP contribution is -2.28. The molecule has 2 aromatic heterocycles. The second-order valence-electron chi connectivity index (χ2n) is 8.00. The molecule has 3 atom stereocenters. The van der Waals surface area contributed by atoms with Gasteiger partial charge in [-0.05, 0) is 61.9 Å². The van der Waals surface area contributed by atoms with Crippen LogP contribution in [0.4, 0.5) is 0 Å². The third-order valence-corrected chi connectivity index (χ3v) is 7.10. The fraction of sp³-hybridized carbons (Fsp3) is 0.333. The molecule has 1 aromatic carbocycles. The van der Waals surface area contributed by atoms with Crippen molar-refractivity contribution < 1.29 is 4.74 Å². The van der Waals surface area contributed by atoms with E-state index >= 15 is 0 Å². The minimum Gasteiger partial charge on any atom is -0.497 e. The Morgan fingerprint density at radius 3 is 2.60 bits per heavy atom. The van der Waals surface area contributed by atoms with E-state index in [1.165, 1.54) is 17.0 Å². The molecule has 0 saturated carbocycles. The number of hydrogen-bond donors (Lipinski definition) is 0. The maximum Gasteiger partial charge on any atom is 0.160 e. The van der Waals surface area contributed by atoms with Gasteiger partial charge in [-0.15, -0.1) is 0 Å². The molecule has 0 N–H and O–H groups in total. The molecule has 0 amide bonds. The van der Waals surface area contributed by atoms with Crippen molar-refractivity contribution in [2.75, 3.05) is 13.7 Å². The van der Waals surface area contributed by atoms with E-state index < -0.39 is 0 Å². The zero-order chi connectivity index (χ0) is 20.8. The molecule has 5 nitrogen and oxygen atoms in total. The van der Waals surface area contributed by atoms with E-state index in [9.17, 15) is 0 Å². The number of amidine groups is 1. The van der Waals surface area contributed by atoms with Gasteiger partial charge in [-0.25, -0.2) is 0 Å². The Morgan fingerprint density at radius 2 is 1.90 bits per heavy atom. The smallest absolute Gasteiger partial charge is 0.160 e. The summed E-state index contributed by atoms with van der Waals surface area (Å²) in [6.07, 6.45) is 1.87. The fourth-order valence-corrected chi connectivity index (χ4v) is 5.76. The summed E-state index contributed by atoms with van der Waals surface area (Å²) in [6.45, 7) is 7.68. The van der Waals surface area contributed by atoms with Crippen molar-refractivity contribution in [3.63, 3.8) is 0 Å². The van der Waals surface area contributed by atoms with Gasteiger partial charge in [0.05, 0.1) is 18.8 Å². The second kappa shape index (κ2) is 7.51. The van der Waals surface area contributed by atoms with E-state index in [1.54, 1.807) is 7.11 Å². The van der Waals surface area contributed by atoms with Crippen LogP contribution in [0, 0.1) is 13.8 Å². The van der Waals surface area contributed by atoms with Crippen LogP contribution in [0.15, 0.2) is 59.7 Å². The first-order valence-corrected chi connectivity index (χ1v) is 11.2. The van der Waals surface area contributed by atoms with Crippen molar-refractivity contribution in [3.8, 4) is 11.4 Å². The van der Waals surface area contributed by atoms with Crippen molar-refractivity contribution in [3.05, 3.63) is 77.4 Å². The summed E-state index contributed by atoms with van der Waals surface area (Å²) in [6, 6.07) is 16.9. The molecule has 30 heavy (non-hydrogen) atoms. The third kappa shape index (κ3) is 3.10. The van der Waals surface area contributed by atoms with Crippen molar-refractivity contribution >= 4 is 16.9 Å². The minimum atomic E-state index is 0.0195. The van der Waals surface area contributed by atoms with E-state index in [0.717, 1.165) is 28.8 Å². The average molecular weight is 419 g/mol. The molecule has 154 valence electrons. The third-order valence-electron chi connectivity index (χ3n) is 6.00. The first-order valence-electron chi connectivity index (χ1n) is 10.3. The van der Waals surface area contributed by atoms with Gasteiger partial charge in [0.1, 0.15) is 11.8 Å². The number of fused-ring (bicyclic) bond motifs is 1. The highest BCUT2D eigenvalue weighted by Crippen LogP contribution is 2.48. The fourth-order valence-electron chi connectivity index (χ4n) is 4.67. The van der Waals surface area contributed by atoms with Gasteiger partial charge in [-0.1, -0.05) is 24.8 Å². The van der Waals surface area contributed by atoms with Crippen molar-refractivity contribution in [2.45, 2.75) is 38.1 Å². The summed E-state index contributed by atoms with van der Waals surface area (Å²) in [4.78, 5) is 12.3. The molecule has 0 aliphatic carbocycles. The van der Waals surface area contributed by atoms with Gasteiger partial charge in [0, 0.05) is 35.1 Å². The number of aromatic nitrogens is 2. The van der Waals surface area contributed by atoms with Gasteiger partial charge in [-0.3, -0.25) is 9.98 Å². The largest absolute Gasteiger partial charge is 0.497 e. The van der Waals surface area contributed by atoms with Gasteiger partial charge < -0.3 is 14.2 Å². The normalized spacial score (nSPS) is 22.9. The van der Waals surface area contributed by atoms with E-state index in [4.69, 9.17) is 9.73 Å². The Morgan fingerprint density at radius 1 is 1.10 bits per heavy atom. The highest BCUT2D eigenvalue weighted by Gasteiger charge is 2.44. The number of benzene rings is 1. The van der Waals surface area contributed by atoms with Gasteiger partial charge in [0.25, 0.3) is 0 Å². The van der Waals surface area contributed by atoms with E-state index in [2.05, 4.69) is 65.6 Å². The Bertz CT molecular complexity index is 1090. The zero-order valence-electron chi connectivity index (χ0n) is 17.7. The number of hydrogen-bond acceptors (Lipinski definition) is 5. The lowest BCUT2D eigenvalue weighted by molar-refractivity contribution is 0.320. The average Bonchev–Trinajstić information content (AvgIpc) is 3.38. The molecular weight excluding hydrogens is 392 g/mol. The molecule has 4 heterocycles. The summed E-state index contributed by atoms with van der Waals surface area (Å²) >= 11 is 1.88. The Labute approximate surface area is 181 Å². The summed E-state index contributed by atoms with van der Waals surface area (Å²) in [5.74, 6) is 0.869. The van der Waals surface area contributed by atoms with Crippen LogP contribution in [0.1, 0.15) is 41.7 Å². The number of pyridine rings is 1. The Balaban J connectivity index is 1.59. The second-order valence-corrected chi connectivity index (χ2v) is 9.40. The van der Waals surface area contributed by atoms with Crippen LogP contribution >= 0.6 is 11.8 Å². The molecule has 0 radical (unpaired) electrons. The SMILES string of the molecule is COc1ccc(-n2c(C)cc([C@H]3[C@H](c4ccccn4)N=C4S[C@@H](C)CN43)c2C)cc1. The first kappa shape index (κ1) is 19.2. The van der Waals surface area contributed by atoms with Crippen molar-refractivity contribution in [2.24, 2.45) is 4.99 Å². The van der Waals surface area contributed by atoms with Gasteiger partial charge >= 0.3 is 0 Å². The lowest BCUT2D eigenvalue weighted by atomic mass is 9.96. The minimum absolute atomic E-state index is 0.0195. The molecule has 6 heteroatoms. The van der Waals surface area contributed by atoms with Crippen LogP contribution in [-0.4, -0.2) is 38.5 Å². The van der Waals surface area contributed by atoms with Crippen LogP contribution in [0.3, 0.4) is 0 Å². The highest BCUT2D eigenvalue weighted by atomic mass is 32.2. The predicted molar refractivity (Wildman–Crippen MR) is 123 cm³/mol. The number of aryl methyl sites for hydroxylation is 1. The van der Waals surface area contributed by atoms with Crippen LogP contribution in [0.25, 0.3) is 5.69 Å². The maximum absolute atomic E-state index is 5.33. The molecule has 0 bridgehead atoms. The van der Waals surface area contributed by atoms with Crippen molar-refractivity contribution in [1.29, 1.82) is 0 Å². The van der Waals surface area contributed by atoms with Crippen molar-refractivity contribution in [1.82, 2.24) is 14.5 Å². The molecule has 5 rings (SSSR count). The molecule has 0 spiro atoms. The molecule has 1 fully saturated rings. The predicted octanol–water partition coefficient (Wildman–Crippen LogP) is 5.09. The first-order chi connectivity index (χ1) is 14.6. The molecule has 2 aliphatic heterocycles. The number of ether oxygens (including phenoxy) is 1. The van der Waals surface area contributed by atoms with Gasteiger partial charge in [-0.2, -0.15) is 0 Å². The number of thioether (sulfide) groups is 1. The van der Waals surface area contributed by atoms with E-state index in [0.29, 0.717) is 5.25 Å². The number of methoxy groups -OCH3 is 1. The van der Waals surface area contributed by atoms with Crippen LogP contribution in [0.5, 0.6) is 5.75 Å². The number of rotatable bonds is 4. The van der Waals surface area contributed by atoms with Gasteiger partial charge in [0.2, 0.25) is 0 Å². The molecule has 2 aliphatic rings. The standard InChI is InChI=1S/C24H26N4OS/c1-15-13-20(17(3)28(15)18-8-10-19(29-4)11-9-18)23-22(21-7-5-6-12-25-21)26-24-27(23)14-16(2)30-24/h5-13,16,22-23H,14H2,1-4H3/t16-,22-,23-/m0/s1. The number of nitrogens with zero attached hydrogens (tertiary/aromatic N) is 4. The van der Waals surface area contributed by atoms with Crippen LogP contribution < -0.4 is 4.74 Å². The lowest BCUT2D eigenvalue weighted by Gasteiger charge is -2.27. The summed E-state index contributed by atoms with van der Waals surface area (Å²) in [7, 11) is 1.70. The molecule has 1 saturated heterocycles. The van der Waals surface area contributed by atoms with E-state index in [-0.39, 0.29) is 12.1 Å². The van der Waals surface area contributed by atoms with Gasteiger partial charge in [0.15, 0.2) is 5.17 Å². The zero-order valence-corrected chi connectivity index (χ0v) is 18.6. The van der Waals surface area contributed by atoms with Crippen LogP contribution in [0.2, 0.25) is 0 Å². The topological polar surface area (TPSA) is 42.6 Å². The van der Waals surface area contributed by atoms with Crippen LogP contribution in [-0.2, 0) is 0 Å². The Kier molecular flexibility index (Phi) is 4.82. The summed E-state index contributed by atoms with van der Waals surface area (Å²) < 4.78 is 7.66. The Hall–Kier alpha value is -2.73. The quantitative estimate of drug-likeness (QED) is 0.592. The maximum atomic E-state index is 5.33. The molecule has 0 unspecified atom stereocenters. The summed E-state index contributed by atoms with van der Waals surface area (Å²) in [5, 5.41) is 1.71. The molecular formula is C24H26N4OS.